The van der Waals surface area contributed by atoms with Crippen LogP contribution in [-0.2, 0) is 9.59 Å². The summed E-state index contributed by atoms with van der Waals surface area (Å²) in [5.41, 5.74) is 0. The first-order valence-electron chi connectivity index (χ1n) is 4.29. The van der Waals surface area contributed by atoms with E-state index in [1.807, 2.05) is 0 Å². The number of hydrogen-bond acceptors (Lipinski definition) is 8. The number of hydrogen-bond donors (Lipinski definition) is 6. The maximum Gasteiger partial charge on any atom is 0.151 e. The van der Waals surface area contributed by atoms with Crippen molar-refractivity contribution in [2.45, 2.75) is 24.4 Å². The van der Waals surface area contributed by atoms with E-state index in [9.17, 15) is 9.59 Å². The molecular weight excluding hydrogens is 224 g/mol. The van der Waals surface area contributed by atoms with Crippen molar-refractivity contribution >= 4 is 12.6 Å². The summed E-state index contributed by atoms with van der Waals surface area (Å²) in [4.78, 5) is 19.1. The Bertz CT molecular complexity index is 185. The number of aldehydes is 2. The molecule has 0 aliphatic rings. The van der Waals surface area contributed by atoms with Gasteiger partial charge in [-0.3, -0.25) is 0 Å². The maximum absolute atomic E-state index is 9.76. The second-order valence-electron chi connectivity index (χ2n) is 2.75. The molecule has 0 aromatic carbocycles. The SMILES string of the molecule is O=CC(O)CO.O=C[C@H](O)[C@H](O)[C@H](O)CO. The molecule has 0 heterocycles. The number of carbonyl (C=O) groups excluding carboxylic acids is 2. The molecule has 96 valence electrons. The highest BCUT2D eigenvalue weighted by Gasteiger charge is 2.22. The van der Waals surface area contributed by atoms with Crippen LogP contribution in [0.5, 0.6) is 0 Å². The van der Waals surface area contributed by atoms with Gasteiger partial charge in [-0.1, -0.05) is 0 Å². The summed E-state index contributed by atoms with van der Waals surface area (Å²) in [6.07, 6.45) is -5.54. The highest BCUT2D eigenvalue weighted by atomic mass is 16.4. The zero-order valence-corrected chi connectivity index (χ0v) is 8.38. The third-order valence-electron chi connectivity index (χ3n) is 1.41. The highest BCUT2D eigenvalue weighted by Crippen LogP contribution is 1.96. The van der Waals surface area contributed by atoms with Crippen LogP contribution in [0.1, 0.15) is 0 Å². The molecule has 0 saturated heterocycles. The van der Waals surface area contributed by atoms with Gasteiger partial charge in [-0.2, -0.15) is 0 Å². The Labute approximate surface area is 91.4 Å². The quantitative estimate of drug-likeness (QED) is 0.255. The first-order chi connectivity index (χ1) is 7.44. The summed E-state index contributed by atoms with van der Waals surface area (Å²) in [6, 6.07) is 0. The molecule has 16 heavy (non-hydrogen) atoms. The second kappa shape index (κ2) is 10.6. The average molecular weight is 240 g/mol. The van der Waals surface area contributed by atoms with E-state index in [1.54, 1.807) is 0 Å². The minimum absolute atomic E-state index is 0.0869. The van der Waals surface area contributed by atoms with Gasteiger partial charge in [0.1, 0.15) is 24.4 Å². The zero-order valence-electron chi connectivity index (χ0n) is 8.38. The molecule has 8 nitrogen and oxygen atoms in total. The van der Waals surface area contributed by atoms with Gasteiger partial charge in [-0.15, -0.1) is 0 Å². The maximum atomic E-state index is 9.76. The number of aliphatic hydroxyl groups excluding tert-OH is 6. The summed E-state index contributed by atoms with van der Waals surface area (Å²) in [6.45, 7) is -1.17. The van der Waals surface area contributed by atoms with Crippen LogP contribution in [0.15, 0.2) is 0 Å². The lowest BCUT2D eigenvalue weighted by molar-refractivity contribution is -0.127. The first-order valence-corrected chi connectivity index (χ1v) is 4.29. The number of carbonyl (C=O) groups is 2. The molecule has 0 aliphatic carbocycles. The molecule has 0 amide bonds. The third kappa shape index (κ3) is 8.41. The van der Waals surface area contributed by atoms with Crippen LogP contribution in [0.3, 0.4) is 0 Å². The molecule has 6 N–H and O–H groups in total. The van der Waals surface area contributed by atoms with E-state index in [2.05, 4.69) is 0 Å². The van der Waals surface area contributed by atoms with E-state index < -0.39 is 37.6 Å². The number of aliphatic hydroxyl groups is 6. The van der Waals surface area contributed by atoms with Gasteiger partial charge >= 0.3 is 0 Å². The zero-order chi connectivity index (χ0) is 13.1. The first kappa shape index (κ1) is 17.5. The fourth-order valence-electron chi connectivity index (χ4n) is 0.459. The minimum atomic E-state index is -1.64. The Morgan fingerprint density at radius 3 is 1.56 bits per heavy atom. The summed E-state index contributed by atoms with van der Waals surface area (Å²) in [5.74, 6) is 0. The van der Waals surface area contributed by atoms with Crippen molar-refractivity contribution in [3.8, 4) is 0 Å². The fourth-order valence-corrected chi connectivity index (χ4v) is 0.459. The van der Waals surface area contributed by atoms with Crippen LogP contribution in [0.25, 0.3) is 0 Å². The van der Waals surface area contributed by atoms with Crippen LogP contribution in [0.2, 0.25) is 0 Å². The van der Waals surface area contributed by atoms with Crippen molar-refractivity contribution in [3.63, 3.8) is 0 Å². The molecule has 0 radical (unpaired) electrons. The van der Waals surface area contributed by atoms with Crippen LogP contribution >= 0.6 is 0 Å². The van der Waals surface area contributed by atoms with E-state index in [0.29, 0.717) is 0 Å². The van der Waals surface area contributed by atoms with Crippen molar-refractivity contribution in [2.24, 2.45) is 0 Å². The van der Waals surface area contributed by atoms with Gasteiger partial charge in [0, 0.05) is 0 Å². The van der Waals surface area contributed by atoms with Gasteiger partial charge in [0.2, 0.25) is 0 Å². The lowest BCUT2D eigenvalue weighted by Gasteiger charge is -2.16. The topological polar surface area (TPSA) is 156 Å². The van der Waals surface area contributed by atoms with Crippen LogP contribution in [-0.4, -0.2) is 80.8 Å². The molecule has 1 unspecified atom stereocenters. The van der Waals surface area contributed by atoms with Gasteiger partial charge in [0.05, 0.1) is 13.2 Å². The predicted octanol–water partition coefficient (Wildman–Crippen LogP) is -4.20. The highest BCUT2D eigenvalue weighted by molar-refractivity contribution is 5.56. The summed E-state index contributed by atoms with van der Waals surface area (Å²) in [5, 5.41) is 50.0. The lowest BCUT2D eigenvalue weighted by atomic mass is 10.1. The van der Waals surface area contributed by atoms with E-state index in [4.69, 9.17) is 30.6 Å². The predicted molar refractivity (Wildman–Crippen MR) is 50.3 cm³/mol. The normalized spacial score (nSPS) is 17.4. The summed E-state index contributed by atoms with van der Waals surface area (Å²) >= 11 is 0. The van der Waals surface area contributed by atoms with Gasteiger partial charge in [0.25, 0.3) is 0 Å². The molecule has 0 aromatic rings. The van der Waals surface area contributed by atoms with Gasteiger partial charge in [0.15, 0.2) is 12.6 Å². The largest absolute Gasteiger partial charge is 0.394 e. The second-order valence-corrected chi connectivity index (χ2v) is 2.75. The Balaban J connectivity index is 0. The summed E-state index contributed by atoms with van der Waals surface area (Å²) in [7, 11) is 0. The van der Waals surface area contributed by atoms with Gasteiger partial charge in [-0.05, 0) is 0 Å². The Hall–Kier alpha value is -0.900. The third-order valence-corrected chi connectivity index (χ3v) is 1.41. The van der Waals surface area contributed by atoms with Crippen LogP contribution in [0.4, 0.5) is 0 Å². The van der Waals surface area contributed by atoms with Crippen molar-refractivity contribution < 1.29 is 40.2 Å². The van der Waals surface area contributed by atoms with Gasteiger partial charge < -0.3 is 40.2 Å². The standard InChI is InChI=1S/C5H10O5.C3H6O3/c6-1-3(8)5(10)4(9)2-7;4-1-3(6)2-5/h1,3-5,7-10H,2H2;1,3,5-6H,2H2/t3-,4+,5-;/m0./s1. The molecule has 0 saturated carbocycles. The molecular formula is C8H16O8. The van der Waals surface area contributed by atoms with E-state index >= 15 is 0 Å². The molecule has 4 atom stereocenters. The molecule has 0 bridgehead atoms. The van der Waals surface area contributed by atoms with Crippen LogP contribution in [0, 0.1) is 0 Å². The fraction of sp³-hybridized carbons (Fsp3) is 0.750. The van der Waals surface area contributed by atoms with Crippen molar-refractivity contribution in [3.05, 3.63) is 0 Å². The van der Waals surface area contributed by atoms with E-state index in [0.717, 1.165) is 0 Å². The monoisotopic (exact) mass is 240 g/mol. The Morgan fingerprint density at radius 1 is 0.875 bits per heavy atom. The smallest absolute Gasteiger partial charge is 0.151 e. The average Bonchev–Trinajstić information content (AvgIpc) is 2.35. The molecule has 0 aliphatic heterocycles. The lowest BCUT2D eigenvalue weighted by Crippen LogP contribution is -2.40. The molecule has 0 spiro atoms. The Kier molecular flexibility index (Phi) is 11.6. The molecule has 0 fully saturated rings. The Morgan fingerprint density at radius 2 is 1.38 bits per heavy atom. The summed E-state index contributed by atoms with van der Waals surface area (Å²) < 4.78 is 0. The van der Waals surface area contributed by atoms with Crippen molar-refractivity contribution in [1.82, 2.24) is 0 Å². The van der Waals surface area contributed by atoms with Crippen molar-refractivity contribution in [1.29, 1.82) is 0 Å². The number of rotatable bonds is 6. The van der Waals surface area contributed by atoms with Gasteiger partial charge in [-0.25, -0.2) is 0 Å². The van der Waals surface area contributed by atoms with E-state index in [1.165, 1.54) is 0 Å². The molecule has 0 aromatic heterocycles. The minimum Gasteiger partial charge on any atom is -0.394 e. The molecule has 8 heteroatoms. The van der Waals surface area contributed by atoms with Crippen LogP contribution < -0.4 is 0 Å². The van der Waals surface area contributed by atoms with Crippen molar-refractivity contribution in [2.75, 3.05) is 13.2 Å². The molecule has 0 rings (SSSR count). The van der Waals surface area contributed by atoms with E-state index in [-0.39, 0.29) is 12.6 Å².